The molecule has 1 aromatic heterocycles. The first-order chi connectivity index (χ1) is 9.15. The molecule has 1 aromatic rings. The van der Waals surface area contributed by atoms with Gasteiger partial charge >= 0.3 is 5.97 Å². The predicted molar refractivity (Wildman–Crippen MR) is 76.3 cm³/mol. The molecule has 1 N–H and O–H groups in total. The van der Waals surface area contributed by atoms with Crippen molar-refractivity contribution in [2.75, 3.05) is 18.6 Å². The molecule has 1 saturated heterocycles. The number of aliphatic carboxylic acids is 1. The van der Waals surface area contributed by atoms with Crippen molar-refractivity contribution in [3.63, 3.8) is 0 Å². The molecule has 0 aromatic carbocycles. The zero-order valence-corrected chi connectivity index (χ0v) is 12.1. The van der Waals surface area contributed by atoms with E-state index < -0.39 is 5.97 Å². The maximum absolute atomic E-state index is 10.5. The van der Waals surface area contributed by atoms with Crippen LogP contribution in [-0.4, -0.2) is 50.4 Å². The maximum atomic E-state index is 10.5. The smallest absolute Gasteiger partial charge is 0.305 e. The number of nitrogens with zero attached hydrogens (tertiary/aromatic N) is 3. The largest absolute Gasteiger partial charge is 0.481 e. The van der Waals surface area contributed by atoms with Crippen LogP contribution in [0.15, 0.2) is 12.4 Å². The second kappa shape index (κ2) is 6.96. The van der Waals surface area contributed by atoms with Crippen LogP contribution in [0.25, 0.3) is 0 Å². The summed E-state index contributed by atoms with van der Waals surface area (Å²) in [5.41, 5.74) is 1.16. The van der Waals surface area contributed by atoms with Crippen LogP contribution < -0.4 is 0 Å². The molecule has 0 spiro atoms. The zero-order valence-electron chi connectivity index (χ0n) is 11.3. The number of carboxylic acids is 1. The fraction of sp³-hybridized carbons (Fsp3) is 0.692. The summed E-state index contributed by atoms with van der Waals surface area (Å²) in [4.78, 5) is 12.9. The van der Waals surface area contributed by atoms with E-state index >= 15 is 0 Å². The van der Waals surface area contributed by atoms with Crippen LogP contribution in [0.3, 0.4) is 0 Å². The number of aromatic nitrogens is 2. The van der Waals surface area contributed by atoms with Gasteiger partial charge in [0.1, 0.15) is 0 Å². The summed E-state index contributed by atoms with van der Waals surface area (Å²) in [6.45, 7) is 1.33. The van der Waals surface area contributed by atoms with Gasteiger partial charge in [-0.05, 0) is 31.4 Å². The number of rotatable bonds is 6. The minimum atomic E-state index is -0.783. The molecule has 1 aliphatic rings. The summed E-state index contributed by atoms with van der Waals surface area (Å²) in [6.07, 6.45) is 6.44. The Hall–Kier alpha value is -1.01. The standard InChI is InChI=1S/C13H21N3O2S/c1-15(12-3-6-19-7-4-12)9-11-8-14-16(10-11)5-2-13(17)18/h8,10,12H,2-7,9H2,1H3,(H,17,18). The van der Waals surface area contributed by atoms with Gasteiger partial charge in [0.05, 0.1) is 19.2 Å². The van der Waals surface area contributed by atoms with Gasteiger partial charge in [-0.1, -0.05) is 0 Å². The molecule has 0 saturated carbocycles. The lowest BCUT2D eigenvalue weighted by molar-refractivity contribution is -0.137. The topological polar surface area (TPSA) is 58.4 Å². The molecule has 1 aliphatic heterocycles. The highest BCUT2D eigenvalue weighted by atomic mass is 32.2. The van der Waals surface area contributed by atoms with Crippen molar-refractivity contribution in [2.24, 2.45) is 0 Å². The van der Waals surface area contributed by atoms with Crippen LogP contribution >= 0.6 is 11.8 Å². The lowest BCUT2D eigenvalue weighted by Gasteiger charge is -2.30. The Morgan fingerprint density at radius 1 is 1.58 bits per heavy atom. The minimum Gasteiger partial charge on any atom is -0.481 e. The number of thioether (sulfide) groups is 1. The molecular weight excluding hydrogens is 262 g/mol. The van der Waals surface area contributed by atoms with Gasteiger partial charge < -0.3 is 5.11 Å². The number of hydrogen-bond acceptors (Lipinski definition) is 4. The van der Waals surface area contributed by atoms with Crippen molar-refractivity contribution in [1.82, 2.24) is 14.7 Å². The van der Waals surface area contributed by atoms with E-state index in [0.29, 0.717) is 12.6 Å². The van der Waals surface area contributed by atoms with Crippen LogP contribution in [-0.2, 0) is 17.9 Å². The monoisotopic (exact) mass is 283 g/mol. The van der Waals surface area contributed by atoms with Crippen molar-refractivity contribution in [3.8, 4) is 0 Å². The van der Waals surface area contributed by atoms with Crippen molar-refractivity contribution < 1.29 is 9.90 Å². The summed E-state index contributed by atoms with van der Waals surface area (Å²) in [5.74, 6) is 1.73. The van der Waals surface area contributed by atoms with Gasteiger partial charge in [-0.15, -0.1) is 0 Å². The fourth-order valence-corrected chi connectivity index (χ4v) is 3.45. The highest BCUT2D eigenvalue weighted by Gasteiger charge is 2.18. The predicted octanol–water partition coefficient (Wildman–Crippen LogP) is 1.69. The number of hydrogen-bond donors (Lipinski definition) is 1. The Labute approximate surface area is 118 Å². The van der Waals surface area contributed by atoms with E-state index in [9.17, 15) is 4.79 Å². The van der Waals surface area contributed by atoms with Gasteiger partial charge in [-0.2, -0.15) is 16.9 Å². The molecule has 19 heavy (non-hydrogen) atoms. The van der Waals surface area contributed by atoms with Crippen molar-refractivity contribution in [1.29, 1.82) is 0 Å². The zero-order chi connectivity index (χ0) is 13.7. The molecule has 0 radical (unpaired) electrons. The van der Waals surface area contributed by atoms with E-state index in [1.807, 2.05) is 24.2 Å². The van der Waals surface area contributed by atoms with Crippen molar-refractivity contribution in [2.45, 2.75) is 38.4 Å². The molecule has 2 rings (SSSR count). The van der Waals surface area contributed by atoms with E-state index in [2.05, 4.69) is 17.0 Å². The van der Waals surface area contributed by atoms with Gasteiger partial charge in [0, 0.05) is 24.3 Å². The van der Waals surface area contributed by atoms with Gasteiger partial charge in [-0.25, -0.2) is 0 Å². The second-order valence-electron chi connectivity index (χ2n) is 5.01. The van der Waals surface area contributed by atoms with E-state index in [0.717, 1.165) is 12.1 Å². The molecule has 0 bridgehead atoms. The highest BCUT2D eigenvalue weighted by molar-refractivity contribution is 7.99. The summed E-state index contributed by atoms with van der Waals surface area (Å²) >= 11 is 2.04. The van der Waals surface area contributed by atoms with Crippen LogP contribution in [0, 0.1) is 0 Å². The third-order valence-corrected chi connectivity index (χ3v) is 4.54. The Bertz CT molecular complexity index is 416. The molecule has 0 unspecified atom stereocenters. The summed E-state index contributed by atoms with van der Waals surface area (Å²) in [7, 11) is 2.16. The first-order valence-corrected chi connectivity index (χ1v) is 7.82. The first kappa shape index (κ1) is 14.4. The second-order valence-corrected chi connectivity index (χ2v) is 6.24. The van der Waals surface area contributed by atoms with Crippen LogP contribution in [0.2, 0.25) is 0 Å². The molecule has 0 amide bonds. The molecule has 0 atom stereocenters. The van der Waals surface area contributed by atoms with E-state index in [4.69, 9.17) is 5.11 Å². The van der Waals surface area contributed by atoms with Crippen molar-refractivity contribution >= 4 is 17.7 Å². The highest BCUT2D eigenvalue weighted by Crippen LogP contribution is 2.21. The first-order valence-electron chi connectivity index (χ1n) is 6.66. The van der Waals surface area contributed by atoms with Gasteiger partial charge in [-0.3, -0.25) is 14.4 Å². The van der Waals surface area contributed by atoms with E-state index in [-0.39, 0.29) is 6.42 Å². The third-order valence-electron chi connectivity index (χ3n) is 3.49. The Kier molecular flexibility index (Phi) is 5.27. The summed E-state index contributed by atoms with van der Waals surface area (Å²) in [5, 5.41) is 12.9. The molecule has 106 valence electrons. The molecule has 0 aliphatic carbocycles. The normalized spacial score (nSPS) is 16.9. The van der Waals surface area contributed by atoms with Crippen LogP contribution in [0.5, 0.6) is 0 Å². The average Bonchev–Trinajstić information content (AvgIpc) is 2.85. The lowest BCUT2D eigenvalue weighted by Crippen LogP contribution is -2.34. The Morgan fingerprint density at radius 2 is 2.32 bits per heavy atom. The maximum Gasteiger partial charge on any atom is 0.305 e. The Morgan fingerprint density at radius 3 is 3.00 bits per heavy atom. The number of aryl methyl sites for hydroxylation is 1. The van der Waals surface area contributed by atoms with Gasteiger partial charge in [0.15, 0.2) is 0 Å². The summed E-state index contributed by atoms with van der Waals surface area (Å²) in [6, 6.07) is 0.670. The number of carbonyl (C=O) groups is 1. The molecular formula is C13H21N3O2S. The molecule has 2 heterocycles. The van der Waals surface area contributed by atoms with E-state index in [1.54, 1.807) is 4.68 Å². The van der Waals surface area contributed by atoms with Gasteiger partial charge in [0.2, 0.25) is 0 Å². The van der Waals surface area contributed by atoms with Crippen LogP contribution in [0.4, 0.5) is 0 Å². The van der Waals surface area contributed by atoms with E-state index in [1.165, 1.54) is 24.3 Å². The quantitative estimate of drug-likeness (QED) is 0.861. The average molecular weight is 283 g/mol. The summed E-state index contributed by atoms with van der Waals surface area (Å²) < 4.78 is 1.72. The SMILES string of the molecule is CN(Cc1cnn(CCC(=O)O)c1)C1CCSCC1. The number of carboxylic acid groups (broad SMARTS) is 1. The minimum absolute atomic E-state index is 0.122. The van der Waals surface area contributed by atoms with Crippen LogP contribution in [0.1, 0.15) is 24.8 Å². The van der Waals surface area contributed by atoms with Crippen molar-refractivity contribution in [3.05, 3.63) is 18.0 Å². The van der Waals surface area contributed by atoms with Gasteiger partial charge in [0.25, 0.3) is 0 Å². The third kappa shape index (κ3) is 4.54. The fourth-order valence-electron chi connectivity index (χ4n) is 2.36. The molecule has 6 heteroatoms. The molecule has 1 fully saturated rings. The lowest BCUT2D eigenvalue weighted by atomic mass is 10.1. The molecule has 5 nitrogen and oxygen atoms in total. The Balaban J connectivity index is 1.83.